The van der Waals surface area contributed by atoms with E-state index >= 15 is 0 Å². The second-order valence-corrected chi connectivity index (χ2v) is 8.80. The lowest BCUT2D eigenvalue weighted by atomic mass is 10.1. The van der Waals surface area contributed by atoms with Crippen LogP contribution in [0.15, 0.2) is 41.1 Å². The average Bonchev–Trinajstić information content (AvgIpc) is 2.68. The molecule has 0 saturated carbocycles. The molecule has 8 heteroatoms. The monoisotopic (exact) mass is 478 g/mol. The molecule has 29 heavy (non-hydrogen) atoms. The molecule has 1 aromatic heterocycles. The standard InChI is InChI=1S/C21H24BrClN4O2/c1-14(2)9-20(28)27-7-5-26(6-8-27)19-4-3-17(11-18(19)23)25-21(29)15-10-16(22)13-24-12-15/h3-4,10-14H,5-9H2,1-2H3,(H,25,29). The number of rotatable bonds is 5. The molecule has 1 saturated heterocycles. The first-order valence-corrected chi connectivity index (χ1v) is 10.7. The molecule has 6 nitrogen and oxygen atoms in total. The minimum absolute atomic E-state index is 0.214. The Morgan fingerprint density at radius 1 is 1.17 bits per heavy atom. The van der Waals surface area contributed by atoms with E-state index in [0.29, 0.717) is 41.7 Å². The van der Waals surface area contributed by atoms with Gasteiger partial charge < -0.3 is 15.1 Å². The van der Waals surface area contributed by atoms with Gasteiger partial charge >= 0.3 is 0 Å². The molecule has 2 amide bonds. The van der Waals surface area contributed by atoms with E-state index in [9.17, 15) is 9.59 Å². The Kier molecular flexibility index (Phi) is 7.14. The van der Waals surface area contributed by atoms with Crippen LogP contribution in [0.4, 0.5) is 11.4 Å². The number of hydrogen-bond acceptors (Lipinski definition) is 4. The van der Waals surface area contributed by atoms with Crippen LogP contribution in [0, 0.1) is 5.92 Å². The fourth-order valence-electron chi connectivity index (χ4n) is 3.26. The van der Waals surface area contributed by atoms with Gasteiger partial charge in [0.15, 0.2) is 0 Å². The maximum atomic E-state index is 12.4. The summed E-state index contributed by atoms with van der Waals surface area (Å²) in [6, 6.07) is 7.19. The first-order chi connectivity index (χ1) is 13.8. The molecule has 2 aromatic rings. The molecule has 0 radical (unpaired) electrons. The number of nitrogens with one attached hydrogen (secondary N) is 1. The predicted molar refractivity (Wildman–Crippen MR) is 120 cm³/mol. The number of pyridine rings is 1. The van der Waals surface area contributed by atoms with E-state index in [1.54, 1.807) is 18.3 Å². The first kappa shape index (κ1) is 21.6. The smallest absolute Gasteiger partial charge is 0.257 e. The second kappa shape index (κ2) is 9.59. The lowest BCUT2D eigenvalue weighted by molar-refractivity contribution is -0.132. The Balaban J connectivity index is 1.61. The van der Waals surface area contributed by atoms with Gasteiger partial charge in [-0.05, 0) is 46.1 Å². The zero-order valence-corrected chi connectivity index (χ0v) is 18.8. The van der Waals surface area contributed by atoms with Crippen molar-refractivity contribution in [3.05, 3.63) is 51.7 Å². The van der Waals surface area contributed by atoms with Crippen LogP contribution in [-0.4, -0.2) is 47.9 Å². The highest BCUT2D eigenvalue weighted by Crippen LogP contribution is 2.30. The average molecular weight is 480 g/mol. The zero-order valence-electron chi connectivity index (χ0n) is 16.5. The Morgan fingerprint density at radius 2 is 1.90 bits per heavy atom. The van der Waals surface area contributed by atoms with E-state index < -0.39 is 0 Å². The third-order valence-electron chi connectivity index (χ3n) is 4.73. The van der Waals surface area contributed by atoms with E-state index in [2.05, 4.69) is 45.0 Å². The number of anilines is 2. The third-order valence-corrected chi connectivity index (χ3v) is 5.46. The molecule has 1 fully saturated rings. The number of amides is 2. The van der Waals surface area contributed by atoms with E-state index in [4.69, 9.17) is 11.6 Å². The quantitative estimate of drug-likeness (QED) is 0.688. The fraction of sp³-hybridized carbons (Fsp3) is 0.381. The summed E-state index contributed by atoms with van der Waals surface area (Å²) in [5.74, 6) is 0.330. The van der Waals surface area contributed by atoms with Crippen molar-refractivity contribution in [1.29, 1.82) is 0 Å². The van der Waals surface area contributed by atoms with Gasteiger partial charge in [0.05, 0.1) is 16.3 Å². The molecule has 0 bridgehead atoms. The molecule has 1 N–H and O–H groups in total. The number of benzene rings is 1. The van der Waals surface area contributed by atoms with Gasteiger partial charge in [-0.15, -0.1) is 0 Å². The van der Waals surface area contributed by atoms with Crippen LogP contribution in [0.3, 0.4) is 0 Å². The fourth-order valence-corrected chi connectivity index (χ4v) is 3.92. The van der Waals surface area contributed by atoms with Gasteiger partial charge in [0.2, 0.25) is 5.91 Å². The van der Waals surface area contributed by atoms with Crippen LogP contribution < -0.4 is 10.2 Å². The van der Waals surface area contributed by atoms with Crippen molar-refractivity contribution < 1.29 is 9.59 Å². The molecular formula is C21H24BrClN4O2. The molecule has 1 aliphatic rings. The summed E-state index contributed by atoms with van der Waals surface area (Å²) >= 11 is 9.80. The number of aromatic nitrogens is 1. The number of hydrogen-bond donors (Lipinski definition) is 1. The summed E-state index contributed by atoms with van der Waals surface area (Å²) in [4.78, 5) is 32.7. The molecule has 2 heterocycles. The number of carbonyl (C=O) groups excluding carboxylic acids is 2. The van der Waals surface area contributed by atoms with E-state index in [1.807, 2.05) is 17.0 Å². The van der Waals surface area contributed by atoms with Crippen molar-refractivity contribution in [2.75, 3.05) is 36.4 Å². The molecule has 0 aliphatic carbocycles. The summed E-state index contributed by atoms with van der Waals surface area (Å²) in [5.41, 5.74) is 1.99. The maximum Gasteiger partial charge on any atom is 0.257 e. The lowest BCUT2D eigenvalue weighted by Crippen LogP contribution is -2.49. The molecule has 0 atom stereocenters. The largest absolute Gasteiger partial charge is 0.367 e. The summed E-state index contributed by atoms with van der Waals surface area (Å²) in [5, 5.41) is 3.41. The van der Waals surface area contributed by atoms with Crippen molar-refractivity contribution in [2.45, 2.75) is 20.3 Å². The highest BCUT2D eigenvalue weighted by molar-refractivity contribution is 9.10. The summed E-state index contributed by atoms with van der Waals surface area (Å²) in [6.45, 7) is 6.97. The van der Waals surface area contributed by atoms with Crippen molar-refractivity contribution in [3.63, 3.8) is 0 Å². The van der Waals surface area contributed by atoms with Gasteiger partial charge in [-0.1, -0.05) is 25.4 Å². The van der Waals surface area contributed by atoms with Crippen LogP contribution >= 0.6 is 27.5 Å². The summed E-state index contributed by atoms with van der Waals surface area (Å²) in [7, 11) is 0. The van der Waals surface area contributed by atoms with Gasteiger partial charge in [0.25, 0.3) is 5.91 Å². The lowest BCUT2D eigenvalue weighted by Gasteiger charge is -2.36. The van der Waals surface area contributed by atoms with Crippen molar-refractivity contribution >= 4 is 50.7 Å². The molecule has 0 spiro atoms. The van der Waals surface area contributed by atoms with E-state index in [1.165, 1.54) is 6.20 Å². The SMILES string of the molecule is CC(C)CC(=O)N1CCN(c2ccc(NC(=O)c3cncc(Br)c3)cc2Cl)CC1. The van der Waals surface area contributed by atoms with Crippen molar-refractivity contribution in [3.8, 4) is 0 Å². The topological polar surface area (TPSA) is 65.5 Å². The first-order valence-electron chi connectivity index (χ1n) is 9.57. The van der Waals surface area contributed by atoms with Gasteiger partial charge in [0.1, 0.15) is 0 Å². The van der Waals surface area contributed by atoms with Gasteiger partial charge in [-0.2, -0.15) is 0 Å². The Morgan fingerprint density at radius 3 is 2.52 bits per heavy atom. The number of piperazine rings is 1. The van der Waals surface area contributed by atoms with Crippen molar-refractivity contribution in [2.24, 2.45) is 5.92 Å². The van der Waals surface area contributed by atoms with Gasteiger partial charge in [-0.3, -0.25) is 14.6 Å². The maximum absolute atomic E-state index is 12.4. The van der Waals surface area contributed by atoms with Crippen LogP contribution in [0.1, 0.15) is 30.6 Å². The highest BCUT2D eigenvalue weighted by atomic mass is 79.9. The molecule has 1 aromatic carbocycles. The molecule has 0 unspecified atom stereocenters. The number of halogens is 2. The van der Waals surface area contributed by atoms with Gasteiger partial charge in [0, 0.05) is 55.2 Å². The van der Waals surface area contributed by atoms with Crippen LogP contribution in [0.5, 0.6) is 0 Å². The van der Waals surface area contributed by atoms with Crippen LogP contribution in [-0.2, 0) is 4.79 Å². The van der Waals surface area contributed by atoms with E-state index in [-0.39, 0.29) is 11.8 Å². The molecule has 3 rings (SSSR count). The van der Waals surface area contributed by atoms with Gasteiger partial charge in [-0.25, -0.2) is 0 Å². The summed E-state index contributed by atoms with van der Waals surface area (Å²) < 4.78 is 0.740. The van der Waals surface area contributed by atoms with Crippen LogP contribution in [0.2, 0.25) is 5.02 Å². The number of carbonyl (C=O) groups is 2. The Bertz CT molecular complexity index is 898. The zero-order chi connectivity index (χ0) is 21.0. The number of nitrogens with zero attached hydrogens (tertiary/aromatic N) is 3. The minimum Gasteiger partial charge on any atom is -0.367 e. The highest BCUT2D eigenvalue weighted by Gasteiger charge is 2.23. The van der Waals surface area contributed by atoms with Crippen molar-refractivity contribution in [1.82, 2.24) is 9.88 Å². The van der Waals surface area contributed by atoms with E-state index in [0.717, 1.165) is 23.2 Å². The molecule has 1 aliphatic heterocycles. The summed E-state index contributed by atoms with van der Waals surface area (Å²) in [6.07, 6.45) is 3.72. The molecular weight excluding hydrogens is 456 g/mol. The Labute approximate surface area is 184 Å². The van der Waals surface area contributed by atoms with Crippen LogP contribution in [0.25, 0.3) is 0 Å². The second-order valence-electron chi connectivity index (χ2n) is 7.48. The normalized spacial score (nSPS) is 14.2. The predicted octanol–water partition coefficient (Wildman–Crippen LogP) is 4.44. The Hall–Kier alpha value is -2.12. The third kappa shape index (κ3) is 5.70. The minimum atomic E-state index is -0.250. The molecule has 154 valence electrons.